The smallest absolute Gasteiger partial charge is 0.376 e. The lowest BCUT2D eigenvalue weighted by Gasteiger charge is -2.27. The lowest BCUT2D eigenvalue weighted by atomic mass is 9.96. The van der Waals surface area contributed by atoms with Gasteiger partial charge in [-0.15, -0.1) is 0 Å². The molecule has 0 spiro atoms. The molecule has 1 aliphatic rings. The van der Waals surface area contributed by atoms with Gasteiger partial charge in [-0.25, -0.2) is 8.78 Å². The summed E-state index contributed by atoms with van der Waals surface area (Å²) < 4.78 is 79.4. The maximum Gasteiger partial charge on any atom is 0.431 e. The molecule has 0 bridgehead atoms. The predicted molar refractivity (Wildman–Crippen MR) is 95.1 cm³/mol. The maximum atomic E-state index is 14.5. The topological polar surface area (TPSA) is 94.4 Å². The normalized spacial score (nSPS) is 17.7. The number of nitrogens with one attached hydrogen (secondary N) is 1. The van der Waals surface area contributed by atoms with Crippen molar-refractivity contribution in [2.75, 3.05) is 19.8 Å². The summed E-state index contributed by atoms with van der Waals surface area (Å²) in [5.41, 5.74) is 0.533. The number of nitrogens with two attached hydrogens (primary N) is 1. The molecule has 3 rings (SSSR count). The van der Waals surface area contributed by atoms with Crippen molar-refractivity contribution in [2.24, 2.45) is 5.73 Å². The van der Waals surface area contributed by atoms with E-state index in [1.54, 1.807) is 4.98 Å². The molecule has 0 aliphatic carbocycles. The number of hydrogen-bond donors (Lipinski definition) is 2. The molecule has 1 fully saturated rings. The summed E-state index contributed by atoms with van der Waals surface area (Å²) in [6.07, 6.45) is -6.40. The first-order valence-corrected chi connectivity index (χ1v) is 8.81. The number of halogens is 5. The van der Waals surface area contributed by atoms with Crippen molar-refractivity contribution in [1.29, 1.82) is 0 Å². The zero-order valence-corrected chi connectivity index (χ0v) is 15.4. The Morgan fingerprint density at radius 3 is 2.33 bits per heavy atom. The van der Waals surface area contributed by atoms with Gasteiger partial charge in [-0.2, -0.15) is 13.2 Å². The Morgan fingerprint density at radius 2 is 1.80 bits per heavy atom. The van der Waals surface area contributed by atoms with Gasteiger partial charge in [0.2, 0.25) is 0 Å². The van der Waals surface area contributed by atoms with E-state index in [0.717, 1.165) is 24.3 Å². The molecule has 1 amide bonds. The highest BCUT2D eigenvalue weighted by molar-refractivity contribution is 5.93. The van der Waals surface area contributed by atoms with E-state index >= 15 is 0 Å². The number of H-pyrrole nitrogens is 1. The van der Waals surface area contributed by atoms with Gasteiger partial charge in [0, 0.05) is 17.5 Å². The quantitative estimate of drug-likeness (QED) is 0.711. The molecular formula is C19H17F5N2O4. The summed E-state index contributed by atoms with van der Waals surface area (Å²) in [6, 6.07) is 4.76. The van der Waals surface area contributed by atoms with Crippen LogP contribution in [0.25, 0.3) is 11.1 Å². The molecule has 162 valence electrons. The number of pyridine rings is 1. The van der Waals surface area contributed by atoms with E-state index in [9.17, 15) is 31.5 Å². The molecule has 0 radical (unpaired) electrons. The number of aromatic amines is 1. The number of carbonyl (C=O) groups excluding carboxylic acids is 1. The van der Waals surface area contributed by atoms with Gasteiger partial charge in [0.15, 0.2) is 0 Å². The fraction of sp³-hybridized carbons (Fsp3) is 0.368. The molecule has 2 aromatic rings. The van der Waals surface area contributed by atoms with Crippen LogP contribution in [0.2, 0.25) is 0 Å². The summed E-state index contributed by atoms with van der Waals surface area (Å²) in [6.45, 7) is 0.551. The molecule has 30 heavy (non-hydrogen) atoms. The molecule has 11 heteroatoms. The summed E-state index contributed by atoms with van der Waals surface area (Å²) in [7, 11) is 0. The van der Waals surface area contributed by atoms with E-state index in [1.165, 1.54) is 0 Å². The summed E-state index contributed by atoms with van der Waals surface area (Å²) in [5, 5.41) is 0. The molecule has 0 saturated carbocycles. The standard InChI is InChI=1S/C19H17F5N2O4/c20-18(21,8-12-9-29-5-6-30-12)11-3-1-10(2-4-11)13-7-14(16(25)27)17(28)26-15(13)19(22,23)24/h1-4,7,12H,5-6,8-9H2,(H2,25,27)(H,26,28). The lowest BCUT2D eigenvalue weighted by Crippen LogP contribution is -2.33. The highest BCUT2D eigenvalue weighted by atomic mass is 19.4. The van der Waals surface area contributed by atoms with E-state index < -0.39 is 58.5 Å². The van der Waals surface area contributed by atoms with Crippen LogP contribution in [0.5, 0.6) is 0 Å². The summed E-state index contributed by atoms with van der Waals surface area (Å²) >= 11 is 0. The molecule has 1 aromatic heterocycles. The SMILES string of the molecule is NC(=O)c1cc(-c2ccc(C(F)(F)CC3COCCO3)cc2)c(C(F)(F)F)[nH]c1=O. The third-order valence-electron chi connectivity index (χ3n) is 4.58. The number of hydrogen-bond acceptors (Lipinski definition) is 4. The number of primary amides is 1. The van der Waals surface area contributed by atoms with Crippen LogP contribution in [0.1, 0.15) is 28.0 Å². The van der Waals surface area contributed by atoms with Crippen LogP contribution in [-0.4, -0.2) is 36.8 Å². The largest absolute Gasteiger partial charge is 0.431 e. The highest BCUT2D eigenvalue weighted by Gasteiger charge is 2.38. The van der Waals surface area contributed by atoms with Gasteiger partial charge in [0.25, 0.3) is 17.4 Å². The van der Waals surface area contributed by atoms with Crippen LogP contribution >= 0.6 is 0 Å². The van der Waals surface area contributed by atoms with E-state index in [4.69, 9.17) is 15.2 Å². The number of rotatable bonds is 5. The van der Waals surface area contributed by atoms with Gasteiger partial charge in [-0.1, -0.05) is 24.3 Å². The van der Waals surface area contributed by atoms with Gasteiger partial charge >= 0.3 is 6.18 Å². The van der Waals surface area contributed by atoms with Crippen molar-refractivity contribution < 1.29 is 36.2 Å². The molecular weight excluding hydrogens is 415 g/mol. The lowest BCUT2D eigenvalue weighted by molar-refractivity contribution is -0.140. The first-order chi connectivity index (χ1) is 14.0. The number of benzene rings is 1. The van der Waals surface area contributed by atoms with Crippen molar-refractivity contribution in [1.82, 2.24) is 4.98 Å². The first kappa shape index (κ1) is 21.9. The second-order valence-electron chi connectivity index (χ2n) is 6.72. The van der Waals surface area contributed by atoms with Crippen LogP contribution in [0.3, 0.4) is 0 Å². The summed E-state index contributed by atoms with van der Waals surface area (Å²) in [4.78, 5) is 24.7. The van der Waals surface area contributed by atoms with Crippen LogP contribution in [0.4, 0.5) is 22.0 Å². The van der Waals surface area contributed by atoms with E-state index in [1.807, 2.05) is 0 Å². The molecule has 1 saturated heterocycles. The average Bonchev–Trinajstić information content (AvgIpc) is 2.67. The molecule has 2 heterocycles. The van der Waals surface area contributed by atoms with Crippen LogP contribution in [-0.2, 0) is 21.6 Å². The van der Waals surface area contributed by atoms with Gasteiger partial charge in [-0.3, -0.25) is 9.59 Å². The second-order valence-corrected chi connectivity index (χ2v) is 6.72. The number of ether oxygens (including phenoxy) is 2. The Balaban J connectivity index is 1.96. The minimum atomic E-state index is -4.95. The van der Waals surface area contributed by atoms with Gasteiger partial charge in [0.05, 0.1) is 25.9 Å². The Hall–Kier alpha value is -2.79. The van der Waals surface area contributed by atoms with Gasteiger partial charge < -0.3 is 20.2 Å². The van der Waals surface area contributed by atoms with Crippen molar-refractivity contribution in [3.05, 3.63) is 57.5 Å². The van der Waals surface area contributed by atoms with E-state index in [-0.39, 0.29) is 18.8 Å². The van der Waals surface area contributed by atoms with Crippen LogP contribution < -0.4 is 11.3 Å². The number of alkyl halides is 5. The third kappa shape index (κ3) is 4.68. The molecule has 1 atom stereocenters. The molecule has 3 N–H and O–H groups in total. The molecule has 1 aliphatic heterocycles. The summed E-state index contributed by atoms with van der Waals surface area (Å²) in [5.74, 6) is -4.52. The van der Waals surface area contributed by atoms with Crippen molar-refractivity contribution in [3.8, 4) is 11.1 Å². The Morgan fingerprint density at radius 1 is 1.13 bits per heavy atom. The second kappa shape index (κ2) is 8.15. The monoisotopic (exact) mass is 432 g/mol. The predicted octanol–water partition coefficient (Wildman–Crippen LogP) is 3.06. The number of amides is 1. The van der Waals surface area contributed by atoms with Crippen LogP contribution in [0.15, 0.2) is 35.1 Å². The minimum absolute atomic E-state index is 0.0237. The zero-order valence-electron chi connectivity index (χ0n) is 15.4. The van der Waals surface area contributed by atoms with Crippen molar-refractivity contribution in [3.63, 3.8) is 0 Å². The molecule has 6 nitrogen and oxygen atoms in total. The van der Waals surface area contributed by atoms with E-state index in [0.29, 0.717) is 12.7 Å². The van der Waals surface area contributed by atoms with Crippen LogP contribution in [0, 0.1) is 0 Å². The zero-order chi connectivity index (χ0) is 22.1. The minimum Gasteiger partial charge on any atom is -0.376 e. The Bertz CT molecular complexity index is 980. The van der Waals surface area contributed by atoms with Gasteiger partial charge in [-0.05, 0) is 11.6 Å². The fourth-order valence-electron chi connectivity index (χ4n) is 3.12. The molecule has 1 unspecified atom stereocenters. The highest BCUT2D eigenvalue weighted by Crippen LogP contribution is 2.38. The first-order valence-electron chi connectivity index (χ1n) is 8.81. The average molecular weight is 432 g/mol. The van der Waals surface area contributed by atoms with Crippen molar-refractivity contribution in [2.45, 2.75) is 24.6 Å². The Kier molecular flexibility index (Phi) is 5.95. The fourth-order valence-corrected chi connectivity index (χ4v) is 3.12. The Labute approximate surface area is 166 Å². The third-order valence-corrected chi connectivity index (χ3v) is 4.58. The number of carbonyl (C=O) groups is 1. The van der Waals surface area contributed by atoms with Gasteiger partial charge in [0.1, 0.15) is 11.3 Å². The van der Waals surface area contributed by atoms with Crippen molar-refractivity contribution >= 4 is 5.91 Å². The number of aromatic nitrogens is 1. The van der Waals surface area contributed by atoms with E-state index in [2.05, 4.69) is 0 Å². The maximum absolute atomic E-state index is 14.5. The molecule has 1 aromatic carbocycles.